The normalized spacial score (nSPS) is 15.1. The van der Waals surface area contributed by atoms with Crippen molar-refractivity contribution < 1.29 is 23.1 Å². The summed E-state index contributed by atoms with van der Waals surface area (Å²) in [4.78, 5) is 30.1. The van der Waals surface area contributed by atoms with E-state index in [1.165, 1.54) is 18.8 Å². The number of carbonyl (C=O) groups excluding carboxylic acids is 1. The number of methoxy groups -OCH3 is 2. The summed E-state index contributed by atoms with van der Waals surface area (Å²) in [6, 6.07) is 14.1. The predicted octanol–water partition coefficient (Wildman–Crippen LogP) is 0.628. The number of anilines is 1. The first-order valence-electron chi connectivity index (χ1n) is 10.2. The topological polar surface area (TPSA) is 149 Å². The predicted molar refractivity (Wildman–Crippen MR) is 122 cm³/mol. The van der Waals surface area contributed by atoms with Gasteiger partial charge in [0, 0.05) is 11.1 Å². The van der Waals surface area contributed by atoms with E-state index in [0.717, 1.165) is 0 Å². The van der Waals surface area contributed by atoms with Crippen LogP contribution >= 0.6 is 0 Å². The van der Waals surface area contributed by atoms with Gasteiger partial charge in [-0.1, -0.05) is 36.4 Å². The highest BCUT2D eigenvalue weighted by Gasteiger charge is 2.39. The summed E-state index contributed by atoms with van der Waals surface area (Å²) < 4.78 is 23.5. The number of primary amides is 1. The maximum Gasteiger partial charge on any atom is 0.362 e. The summed E-state index contributed by atoms with van der Waals surface area (Å²) in [6.07, 6.45) is 1.57. The van der Waals surface area contributed by atoms with E-state index < -0.39 is 17.5 Å². The van der Waals surface area contributed by atoms with Gasteiger partial charge in [-0.2, -0.15) is 4.98 Å². The van der Waals surface area contributed by atoms with Crippen LogP contribution in [0.1, 0.15) is 22.7 Å². The molecule has 0 unspecified atom stereocenters. The minimum absolute atomic E-state index is 0.0158. The van der Waals surface area contributed by atoms with Crippen LogP contribution in [-0.2, 0) is 4.79 Å². The SMILES string of the molecule is COc1ccccc1/C=c1\c(=O)oc2n1-c1oc(N)nc1[C@@H](c1ccccc1OC)C=2C(N)=O. The molecule has 34 heavy (non-hydrogen) atoms. The lowest BCUT2D eigenvalue weighted by Crippen LogP contribution is -2.38. The molecule has 0 saturated heterocycles. The second-order valence-electron chi connectivity index (χ2n) is 7.50. The number of fused-ring (bicyclic) bond motifs is 3. The van der Waals surface area contributed by atoms with Gasteiger partial charge in [0.1, 0.15) is 22.5 Å². The molecule has 0 spiro atoms. The quantitative estimate of drug-likeness (QED) is 0.440. The molecular weight excluding hydrogens is 440 g/mol. The third-order valence-corrected chi connectivity index (χ3v) is 5.64. The maximum atomic E-state index is 13.0. The third kappa shape index (κ3) is 3.15. The standard InChI is InChI=1S/C24H20N4O6/c1-31-15-9-5-3-7-12(15)11-14-23(30)33-21-18(20(25)29)17(13-8-4-6-10-16(13)32-2)19-22(28(14)21)34-24(26)27-19/h3-11,17H,1-2H3,(H2,25,29)(H2,26,27)/b14-11+/t17-/m0/s1. The Labute approximate surface area is 192 Å². The Kier molecular flexibility index (Phi) is 4.97. The van der Waals surface area contributed by atoms with Crippen molar-refractivity contribution in [1.82, 2.24) is 9.55 Å². The third-order valence-electron chi connectivity index (χ3n) is 5.64. The lowest BCUT2D eigenvalue weighted by molar-refractivity contribution is -0.113. The van der Waals surface area contributed by atoms with Gasteiger partial charge in [0.15, 0.2) is 0 Å². The molecule has 0 radical (unpaired) electrons. The van der Waals surface area contributed by atoms with E-state index in [9.17, 15) is 9.59 Å². The van der Waals surface area contributed by atoms with Crippen molar-refractivity contribution in [2.75, 3.05) is 20.0 Å². The Balaban J connectivity index is 1.93. The maximum absolute atomic E-state index is 13.0. The van der Waals surface area contributed by atoms with Crippen LogP contribution in [0.15, 0.2) is 62.2 Å². The van der Waals surface area contributed by atoms with Gasteiger partial charge >= 0.3 is 5.63 Å². The number of rotatable bonds is 5. The lowest BCUT2D eigenvalue weighted by Gasteiger charge is -2.22. The number of benzene rings is 2. The average Bonchev–Trinajstić information content (AvgIpc) is 3.37. The van der Waals surface area contributed by atoms with Crippen LogP contribution in [0.25, 0.3) is 17.5 Å². The first kappa shape index (κ1) is 21.1. The number of ether oxygens (including phenoxy) is 2. The summed E-state index contributed by atoms with van der Waals surface area (Å²) >= 11 is 0. The fraction of sp³-hybridized carbons (Fsp3) is 0.125. The molecule has 1 atom stereocenters. The van der Waals surface area contributed by atoms with E-state index in [-0.39, 0.29) is 28.4 Å². The second-order valence-corrected chi connectivity index (χ2v) is 7.50. The van der Waals surface area contributed by atoms with Gasteiger partial charge < -0.3 is 29.8 Å². The highest BCUT2D eigenvalue weighted by molar-refractivity contribution is 6.15. The van der Waals surface area contributed by atoms with Crippen LogP contribution in [0, 0.1) is 0 Å². The lowest BCUT2D eigenvalue weighted by atomic mass is 9.86. The molecule has 4 aromatic rings. The molecule has 5 rings (SSSR count). The number of para-hydroxylation sites is 2. The number of amides is 1. The zero-order valence-corrected chi connectivity index (χ0v) is 18.3. The van der Waals surface area contributed by atoms with E-state index in [0.29, 0.717) is 28.3 Å². The zero-order chi connectivity index (χ0) is 24.0. The molecule has 172 valence electrons. The van der Waals surface area contributed by atoms with Crippen LogP contribution in [0.4, 0.5) is 6.01 Å². The Bertz CT molecular complexity index is 1610. The van der Waals surface area contributed by atoms with Crippen LogP contribution < -0.4 is 37.5 Å². The van der Waals surface area contributed by atoms with Crippen molar-refractivity contribution in [2.45, 2.75) is 5.92 Å². The minimum Gasteiger partial charge on any atom is -0.496 e. The van der Waals surface area contributed by atoms with Crippen molar-refractivity contribution in [3.05, 3.63) is 86.7 Å². The molecule has 0 fully saturated rings. The minimum atomic E-state index is -0.839. The molecule has 1 amide bonds. The fourth-order valence-electron chi connectivity index (χ4n) is 4.22. The number of carbonyl (C=O) groups is 1. The molecule has 2 aromatic carbocycles. The van der Waals surface area contributed by atoms with Gasteiger partial charge in [0.25, 0.3) is 11.9 Å². The van der Waals surface area contributed by atoms with E-state index in [4.69, 9.17) is 29.8 Å². The van der Waals surface area contributed by atoms with Crippen LogP contribution in [0.3, 0.4) is 0 Å². The number of nitrogen functional groups attached to an aromatic ring is 1. The molecule has 10 nitrogen and oxygen atoms in total. The highest BCUT2D eigenvalue weighted by Crippen LogP contribution is 2.41. The van der Waals surface area contributed by atoms with Crippen molar-refractivity contribution >= 4 is 23.6 Å². The van der Waals surface area contributed by atoms with E-state index in [2.05, 4.69) is 4.98 Å². The van der Waals surface area contributed by atoms with Gasteiger partial charge in [0.05, 0.1) is 25.7 Å². The average molecular weight is 460 g/mol. The van der Waals surface area contributed by atoms with E-state index in [1.54, 1.807) is 54.6 Å². The summed E-state index contributed by atoms with van der Waals surface area (Å²) in [5.74, 6) is -0.470. The molecular formula is C24H20N4O6. The number of hydrogen-bond donors (Lipinski definition) is 2. The highest BCUT2D eigenvalue weighted by atomic mass is 16.5. The summed E-state index contributed by atoms with van der Waals surface area (Å²) in [7, 11) is 3.03. The monoisotopic (exact) mass is 460 g/mol. The summed E-state index contributed by atoms with van der Waals surface area (Å²) in [5.41, 5.74) is 12.5. The van der Waals surface area contributed by atoms with Crippen molar-refractivity contribution in [3.63, 3.8) is 0 Å². The number of hydrogen-bond acceptors (Lipinski definition) is 8. The Morgan fingerprint density at radius 1 is 1.06 bits per heavy atom. The van der Waals surface area contributed by atoms with Crippen LogP contribution in [-0.4, -0.2) is 29.7 Å². The Hall–Kier alpha value is -4.73. The fourth-order valence-corrected chi connectivity index (χ4v) is 4.22. The van der Waals surface area contributed by atoms with Gasteiger partial charge in [-0.3, -0.25) is 4.79 Å². The molecule has 0 aliphatic carbocycles. The molecule has 4 N–H and O–H groups in total. The van der Waals surface area contributed by atoms with Crippen LogP contribution in [0.5, 0.6) is 11.5 Å². The number of oxazole rings is 2. The van der Waals surface area contributed by atoms with Crippen molar-refractivity contribution in [3.8, 4) is 17.4 Å². The van der Waals surface area contributed by atoms with Gasteiger partial charge in [-0.25, -0.2) is 9.36 Å². The molecule has 2 aromatic heterocycles. The van der Waals surface area contributed by atoms with Crippen LogP contribution in [0.2, 0.25) is 0 Å². The van der Waals surface area contributed by atoms with Gasteiger partial charge in [0.2, 0.25) is 11.4 Å². The first-order chi connectivity index (χ1) is 16.4. The number of nitrogens with zero attached hydrogens (tertiary/aromatic N) is 2. The molecule has 0 bridgehead atoms. The summed E-state index contributed by atoms with van der Waals surface area (Å²) in [5, 5.41) is 0.0779. The van der Waals surface area contributed by atoms with E-state index >= 15 is 0 Å². The largest absolute Gasteiger partial charge is 0.496 e. The van der Waals surface area contributed by atoms with Gasteiger partial charge in [-0.15, -0.1) is 0 Å². The first-order valence-corrected chi connectivity index (χ1v) is 10.2. The van der Waals surface area contributed by atoms with E-state index in [1.807, 2.05) is 0 Å². The van der Waals surface area contributed by atoms with Crippen molar-refractivity contribution in [1.29, 1.82) is 0 Å². The molecule has 10 heteroatoms. The molecule has 1 aliphatic rings. The second kappa shape index (κ2) is 8.00. The Morgan fingerprint density at radius 2 is 1.74 bits per heavy atom. The zero-order valence-electron chi connectivity index (χ0n) is 18.3. The number of nitrogens with two attached hydrogens (primary N) is 2. The summed E-state index contributed by atoms with van der Waals surface area (Å²) in [6.45, 7) is 0. The number of aromatic nitrogens is 2. The van der Waals surface area contributed by atoms with Gasteiger partial charge in [-0.05, 0) is 18.2 Å². The Morgan fingerprint density at radius 3 is 2.44 bits per heavy atom. The molecule has 0 saturated carbocycles. The molecule has 3 heterocycles. The smallest absolute Gasteiger partial charge is 0.362 e. The van der Waals surface area contributed by atoms with Crippen molar-refractivity contribution in [2.24, 2.45) is 5.73 Å². The molecule has 1 aliphatic heterocycles.